The molecule has 2 rings (SSSR count). The van der Waals surface area contributed by atoms with Crippen LogP contribution >= 0.6 is 11.3 Å². The van der Waals surface area contributed by atoms with E-state index in [0.29, 0.717) is 5.69 Å². The quantitative estimate of drug-likeness (QED) is 0.883. The number of benzene rings is 1. The number of anilines is 1. The molecule has 0 aliphatic rings. The number of nitrogens with one attached hydrogen (secondary N) is 1. The lowest BCUT2D eigenvalue weighted by atomic mass is 10.2. The number of methoxy groups -OCH3 is 1. The van der Waals surface area contributed by atoms with E-state index in [1.807, 2.05) is 0 Å². The minimum atomic E-state index is -3.83. The van der Waals surface area contributed by atoms with Crippen molar-refractivity contribution in [1.29, 1.82) is 0 Å². The van der Waals surface area contributed by atoms with E-state index in [1.165, 1.54) is 36.6 Å². The molecule has 1 heterocycles. The Balaban J connectivity index is 2.43. The largest absolute Gasteiger partial charge is 0.495 e. The van der Waals surface area contributed by atoms with Gasteiger partial charge in [0.05, 0.1) is 18.4 Å². The summed E-state index contributed by atoms with van der Waals surface area (Å²) in [5.74, 6) is -1.18. The molecule has 1 aromatic heterocycles. The number of sulfonamides is 1. The molecule has 0 atom stereocenters. The zero-order chi connectivity index (χ0) is 14.8. The van der Waals surface area contributed by atoms with Gasteiger partial charge in [0.2, 0.25) is 0 Å². The first kappa shape index (κ1) is 14.4. The summed E-state index contributed by atoms with van der Waals surface area (Å²) < 4.78 is 31.8. The zero-order valence-electron chi connectivity index (χ0n) is 10.4. The van der Waals surface area contributed by atoms with E-state index in [-0.39, 0.29) is 16.2 Å². The maximum Gasteiger partial charge on any atom is 0.335 e. The highest BCUT2D eigenvalue weighted by Gasteiger charge is 2.21. The summed E-state index contributed by atoms with van der Waals surface area (Å²) >= 11 is 1.36. The highest BCUT2D eigenvalue weighted by molar-refractivity contribution is 7.92. The molecule has 0 aliphatic heterocycles. The number of carbonyl (C=O) groups is 1. The third-order valence-electron chi connectivity index (χ3n) is 2.47. The van der Waals surface area contributed by atoms with Crippen LogP contribution in [0, 0.1) is 0 Å². The number of hydrogen-bond acceptors (Lipinski definition) is 5. The van der Waals surface area contributed by atoms with E-state index in [9.17, 15) is 13.2 Å². The third-order valence-corrected chi connectivity index (χ3v) is 4.58. The fourth-order valence-electron chi connectivity index (χ4n) is 1.56. The average Bonchev–Trinajstić information content (AvgIpc) is 2.89. The van der Waals surface area contributed by atoms with Crippen LogP contribution in [-0.2, 0) is 10.0 Å². The van der Waals surface area contributed by atoms with Gasteiger partial charge in [0.25, 0.3) is 10.0 Å². The molecular formula is C12H11NO5S2. The van der Waals surface area contributed by atoms with Crippen molar-refractivity contribution in [1.82, 2.24) is 0 Å². The van der Waals surface area contributed by atoms with Crippen LogP contribution in [0.25, 0.3) is 0 Å². The van der Waals surface area contributed by atoms with Crippen LogP contribution in [0.1, 0.15) is 10.4 Å². The lowest BCUT2D eigenvalue weighted by Crippen LogP contribution is -2.14. The zero-order valence-corrected chi connectivity index (χ0v) is 12.0. The van der Waals surface area contributed by atoms with Gasteiger partial charge in [-0.2, -0.15) is 11.3 Å². The molecule has 0 amide bonds. The summed E-state index contributed by atoms with van der Waals surface area (Å²) in [6.07, 6.45) is 0. The van der Waals surface area contributed by atoms with Gasteiger partial charge in [-0.05, 0) is 29.6 Å². The van der Waals surface area contributed by atoms with Crippen molar-refractivity contribution < 1.29 is 23.1 Å². The Bertz CT molecular complexity index is 722. The van der Waals surface area contributed by atoms with Gasteiger partial charge in [-0.25, -0.2) is 13.2 Å². The van der Waals surface area contributed by atoms with Gasteiger partial charge < -0.3 is 9.84 Å². The summed E-state index contributed by atoms with van der Waals surface area (Å²) in [6.45, 7) is 0. The van der Waals surface area contributed by atoms with Crippen LogP contribution in [0.4, 0.5) is 5.69 Å². The molecule has 2 N–H and O–H groups in total. The molecule has 20 heavy (non-hydrogen) atoms. The summed E-state index contributed by atoms with van der Waals surface area (Å²) in [5, 5.41) is 12.3. The van der Waals surface area contributed by atoms with Crippen LogP contribution in [0.3, 0.4) is 0 Å². The Morgan fingerprint density at radius 1 is 1.35 bits per heavy atom. The topological polar surface area (TPSA) is 92.7 Å². The van der Waals surface area contributed by atoms with Crippen molar-refractivity contribution >= 4 is 33.0 Å². The monoisotopic (exact) mass is 313 g/mol. The molecule has 0 unspecified atom stereocenters. The van der Waals surface area contributed by atoms with Gasteiger partial charge in [-0.3, -0.25) is 4.72 Å². The molecule has 0 spiro atoms. The van der Waals surface area contributed by atoms with Gasteiger partial charge >= 0.3 is 5.97 Å². The number of hydrogen-bond donors (Lipinski definition) is 2. The van der Waals surface area contributed by atoms with Crippen LogP contribution < -0.4 is 9.46 Å². The van der Waals surface area contributed by atoms with Gasteiger partial charge in [0.15, 0.2) is 0 Å². The second-order valence-corrected chi connectivity index (χ2v) is 6.22. The van der Waals surface area contributed by atoms with Crippen LogP contribution in [0.2, 0.25) is 0 Å². The molecule has 0 radical (unpaired) electrons. The Hall–Kier alpha value is -2.06. The van der Waals surface area contributed by atoms with E-state index in [0.717, 1.165) is 0 Å². The second kappa shape index (κ2) is 5.51. The molecule has 0 fully saturated rings. The Morgan fingerprint density at radius 2 is 2.10 bits per heavy atom. The number of carboxylic acids is 1. The van der Waals surface area contributed by atoms with Crippen molar-refractivity contribution in [2.75, 3.05) is 11.8 Å². The molecule has 1 aromatic carbocycles. The third kappa shape index (κ3) is 2.91. The van der Waals surface area contributed by atoms with Gasteiger partial charge in [-0.1, -0.05) is 0 Å². The van der Waals surface area contributed by atoms with Crippen molar-refractivity contribution in [3.8, 4) is 5.75 Å². The Morgan fingerprint density at radius 3 is 2.65 bits per heavy atom. The smallest absolute Gasteiger partial charge is 0.335 e. The molecule has 8 heteroatoms. The standard InChI is InChI=1S/C12H11NO5S2/c1-18-10-6-8(12(14)15)2-3-11(10)20(16,17)13-9-4-5-19-7-9/h2-7,13H,1H3,(H,14,15). The lowest BCUT2D eigenvalue weighted by molar-refractivity contribution is 0.0696. The van der Waals surface area contributed by atoms with Crippen LogP contribution in [-0.4, -0.2) is 26.6 Å². The predicted molar refractivity (Wildman–Crippen MR) is 75.1 cm³/mol. The second-order valence-electron chi connectivity index (χ2n) is 3.79. The summed E-state index contributed by atoms with van der Waals surface area (Å²) in [7, 11) is -2.55. The van der Waals surface area contributed by atoms with Gasteiger partial charge in [-0.15, -0.1) is 0 Å². The Kier molecular flexibility index (Phi) is 3.96. The minimum absolute atomic E-state index is 0.0207. The minimum Gasteiger partial charge on any atom is -0.495 e. The van der Waals surface area contributed by atoms with E-state index in [1.54, 1.807) is 16.8 Å². The predicted octanol–water partition coefficient (Wildman–Crippen LogP) is 2.26. The van der Waals surface area contributed by atoms with E-state index in [2.05, 4.69) is 4.72 Å². The van der Waals surface area contributed by atoms with E-state index >= 15 is 0 Å². The maximum atomic E-state index is 12.2. The number of aromatic carboxylic acids is 1. The normalized spacial score (nSPS) is 11.1. The molecular weight excluding hydrogens is 302 g/mol. The highest BCUT2D eigenvalue weighted by Crippen LogP contribution is 2.27. The van der Waals surface area contributed by atoms with Crippen molar-refractivity contribution in [3.05, 3.63) is 40.6 Å². The fourth-order valence-corrected chi connectivity index (χ4v) is 3.42. The fraction of sp³-hybridized carbons (Fsp3) is 0.0833. The molecule has 0 bridgehead atoms. The van der Waals surface area contributed by atoms with Gasteiger partial charge in [0, 0.05) is 5.38 Å². The van der Waals surface area contributed by atoms with Crippen molar-refractivity contribution in [2.45, 2.75) is 4.90 Å². The average molecular weight is 313 g/mol. The molecule has 0 aliphatic carbocycles. The first-order valence-electron chi connectivity index (χ1n) is 5.40. The van der Waals surface area contributed by atoms with Gasteiger partial charge in [0.1, 0.15) is 10.6 Å². The molecule has 2 aromatic rings. The summed E-state index contributed by atoms with van der Waals surface area (Å²) in [4.78, 5) is 10.8. The molecule has 0 saturated heterocycles. The van der Waals surface area contributed by atoms with Crippen LogP contribution in [0.15, 0.2) is 39.9 Å². The highest BCUT2D eigenvalue weighted by atomic mass is 32.2. The van der Waals surface area contributed by atoms with Crippen molar-refractivity contribution in [2.24, 2.45) is 0 Å². The Labute approximate surface area is 119 Å². The molecule has 106 valence electrons. The van der Waals surface area contributed by atoms with E-state index < -0.39 is 16.0 Å². The first-order valence-corrected chi connectivity index (χ1v) is 7.83. The number of thiophene rings is 1. The maximum absolute atomic E-state index is 12.2. The summed E-state index contributed by atoms with van der Waals surface area (Å²) in [5.41, 5.74) is 0.399. The lowest BCUT2D eigenvalue weighted by Gasteiger charge is -2.11. The summed E-state index contributed by atoms with van der Waals surface area (Å²) in [6, 6.07) is 5.22. The molecule has 0 saturated carbocycles. The van der Waals surface area contributed by atoms with Crippen LogP contribution in [0.5, 0.6) is 5.75 Å². The number of carboxylic acid groups (broad SMARTS) is 1. The van der Waals surface area contributed by atoms with Crippen molar-refractivity contribution in [3.63, 3.8) is 0 Å². The first-order chi connectivity index (χ1) is 9.44. The number of ether oxygens (including phenoxy) is 1. The number of rotatable bonds is 5. The van der Waals surface area contributed by atoms with E-state index in [4.69, 9.17) is 9.84 Å². The molecule has 6 nitrogen and oxygen atoms in total. The SMILES string of the molecule is COc1cc(C(=O)O)ccc1S(=O)(=O)Nc1ccsc1.